The Bertz CT molecular complexity index is 573. The van der Waals surface area contributed by atoms with Gasteiger partial charge in [-0.2, -0.15) is 0 Å². The molecular formula is C13H22N4O3S. The van der Waals surface area contributed by atoms with Crippen LogP contribution in [0.4, 0.5) is 5.69 Å². The number of rotatable bonds is 8. The Balaban J connectivity index is 2.68. The molecule has 0 bridgehead atoms. The number of amides is 1. The third-order valence-corrected chi connectivity index (χ3v) is 4.02. The number of nitrogens with zero attached hydrogens (tertiary/aromatic N) is 1. The molecule has 1 amide bonds. The van der Waals surface area contributed by atoms with Gasteiger partial charge in [0.2, 0.25) is 15.9 Å². The van der Waals surface area contributed by atoms with Gasteiger partial charge in [-0.05, 0) is 26.8 Å². The second-order valence-electron chi connectivity index (χ2n) is 4.77. The molecule has 0 spiro atoms. The van der Waals surface area contributed by atoms with Crippen molar-refractivity contribution in [2.24, 2.45) is 0 Å². The van der Waals surface area contributed by atoms with E-state index >= 15 is 0 Å². The fourth-order valence-corrected chi connectivity index (χ4v) is 2.86. The van der Waals surface area contributed by atoms with Crippen LogP contribution in [0.1, 0.15) is 27.2 Å². The van der Waals surface area contributed by atoms with Gasteiger partial charge in [-0.25, -0.2) is 13.1 Å². The van der Waals surface area contributed by atoms with Crippen molar-refractivity contribution in [3.63, 3.8) is 0 Å². The van der Waals surface area contributed by atoms with Gasteiger partial charge in [-0.15, -0.1) is 0 Å². The molecule has 118 valence electrons. The number of nitrogens with one attached hydrogen (secondary N) is 3. The summed E-state index contributed by atoms with van der Waals surface area (Å²) in [5.74, 6) is -0.189. The zero-order chi connectivity index (χ0) is 15.9. The van der Waals surface area contributed by atoms with E-state index in [2.05, 4.69) is 20.3 Å². The van der Waals surface area contributed by atoms with Crippen molar-refractivity contribution in [3.8, 4) is 0 Å². The van der Waals surface area contributed by atoms with E-state index in [1.165, 1.54) is 12.4 Å². The van der Waals surface area contributed by atoms with Crippen molar-refractivity contribution < 1.29 is 13.2 Å². The minimum Gasteiger partial charge on any atom is -0.384 e. The fourth-order valence-electron chi connectivity index (χ4n) is 1.70. The topological polar surface area (TPSA) is 100 Å². The number of pyridine rings is 1. The molecule has 7 nitrogen and oxygen atoms in total. The highest BCUT2D eigenvalue weighted by molar-refractivity contribution is 7.89. The summed E-state index contributed by atoms with van der Waals surface area (Å²) in [5.41, 5.74) is 0.492. The van der Waals surface area contributed by atoms with E-state index in [0.29, 0.717) is 12.2 Å². The lowest BCUT2D eigenvalue weighted by Gasteiger charge is -2.12. The highest BCUT2D eigenvalue weighted by Gasteiger charge is 2.18. The van der Waals surface area contributed by atoms with Crippen LogP contribution < -0.4 is 15.4 Å². The molecule has 0 saturated carbocycles. The Morgan fingerprint density at radius 3 is 2.71 bits per heavy atom. The lowest BCUT2D eigenvalue weighted by Crippen LogP contribution is -2.34. The van der Waals surface area contributed by atoms with Crippen LogP contribution in [0.3, 0.4) is 0 Å². The summed E-state index contributed by atoms with van der Waals surface area (Å²) in [6.07, 6.45) is 2.90. The molecule has 0 saturated heterocycles. The van der Waals surface area contributed by atoms with Gasteiger partial charge in [-0.1, -0.05) is 0 Å². The van der Waals surface area contributed by atoms with Gasteiger partial charge in [0.05, 0.1) is 5.69 Å². The molecule has 0 aliphatic rings. The van der Waals surface area contributed by atoms with E-state index in [1.807, 2.05) is 20.8 Å². The van der Waals surface area contributed by atoms with Gasteiger partial charge in [0.25, 0.3) is 0 Å². The van der Waals surface area contributed by atoms with Crippen molar-refractivity contribution >= 4 is 21.6 Å². The first-order chi connectivity index (χ1) is 9.86. The van der Waals surface area contributed by atoms with E-state index in [4.69, 9.17) is 0 Å². The van der Waals surface area contributed by atoms with Crippen molar-refractivity contribution in [1.82, 2.24) is 15.0 Å². The van der Waals surface area contributed by atoms with Crippen LogP contribution in [0.2, 0.25) is 0 Å². The molecule has 1 aromatic rings. The first-order valence-electron chi connectivity index (χ1n) is 6.83. The number of sulfonamides is 1. The first-order valence-corrected chi connectivity index (χ1v) is 8.32. The van der Waals surface area contributed by atoms with Gasteiger partial charge < -0.3 is 10.6 Å². The molecule has 0 aromatic carbocycles. The zero-order valence-electron chi connectivity index (χ0n) is 12.5. The second kappa shape index (κ2) is 7.94. The lowest BCUT2D eigenvalue weighted by molar-refractivity contribution is -0.121. The molecule has 0 fully saturated rings. The summed E-state index contributed by atoms with van der Waals surface area (Å²) in [5, 5.41) is 5.67. The fraction of sp³-hybridized carbons (Fsp3) is 0.538. The third kappa shape index (κ3) is 5.68. The van der Waals surface area contributed by atoms with Crippen molar-refractivity contribution in [2.75, 3.05) is 18.4 Å². The number of carbonyl (C=O) groups is 1. The lowest BCUT2D eigenvalue weighted by atomic mass is 10.3. The maximum absolute atomic E-state index is 12.2. The van der Waals surface area contributed by atoms with Crippen molar-refractivity contribution in [2.45, 2.75) is 38.1 Å². The predicted molar refractivity (Wildman–Crippen MR) is 81.5 cm³/mol. The summed E-state index contributed by atoms with van der Waals surface area (Å²) >= 11 is 0. The highest BCUT2D eigenvalue weighted by Crippen LogP contribution is 2.18. The van der Waals surface area contributed by atoms with Crippen LogP contribution in [0.25, 0.3) is 0 Å². The molecule has 21 heavy (non-hydrogen) atoms. The molecule has 1 rings (SSSR count). The molecule has 0 aliphatic heterocycles. The smallest absolute Gasteiger partial charge is 0.244 e. The van der Waals surface area contributed by atoms with Crippen molar-refractivity contribution in [1.29, 1.82) is 0 Å². The van der Waals surface area contributed by atoms with Crippen molar-refractivity contribution in [3.05, 3.63) is 18.5 Å². The molecule has 1 aromatic heterocycles. The molecule has 1 heterocycles. The monoisotopic (exact) mass is 314 g/mol. The van der Waals surface area contributed by atoms with E-state index in [1.54, 1.807) is 6.07 Å². The summed E-state index contributed by atoms with van der Waals surface area (Å²) in [6.45, 7) is 6.21. The molecular weight excluding hydrogens is 292 g/mol. The maximum Gasteiger partial charge on any atom is 0.244 e. The molecule has 0 aliphatic carbocycles. The molecule has 0 atom stereocenters. The molecule has 8 heteroatoms. The van der Waals surface area contributed by atoms with Gasteiger partial charge >= 0.3 is 0 Å². The first kappa shape index (κ1) is 17.4. The Labute approximate surface area is 125 Å². The van der Waals surface area contributed by atoms with E-state index < -0.39 is 10.0 Å². The van der Waals surface area contributed by atoms with Gasteiger partial charge in [0, 0.05) is 37.9 Å². The van der Waals surface area contributed by atoms with Gasteiger partial charge in [0.1, 0.15) is 4.90 Å². The van der Waals surface area contributed by atoms with Crippen LogP contribution in [0, 0.1) is 0 Å². The quantitative estimate of drug-likeness (QED) is 0.656. The van der Waals surface area contributed by atoms with E-state index in [-0.39, 0.29) is 29.8 Å². The molecule has 0 unspecified atom stereocenters. The van der Waals surface area contributed by atoms with E-state index in [9.17, 15) is 13.2 Å². The summed E-state index contributed by atoms with van der Waals surface area (Å²) < 4.78 is 26.8. The van der Waals surface area contributed by atoms with Crippen LogP contribution in [0.15, 0.2) is 23.4 Å². The summed E-state index contributed by atoms with van der Waals surface area (Å²) in [4.78, 5) is 15.4. The van der Waals surface area contributed by atoms with E-state index in [0.717, 1.165) is 0 Å². The SMILES string of the molecule is CCNc1ccncc1S(=O)(=O)NCCC(=O)NC(C)C. The molecule has 3 N–H and O–H groups in total. The normalized spacial score (nSPS) is 11.4. The van der Waals surface area contributed by atoms with Crippen LogP contribution in [-0.2, 0) is 14.8 Å². The number of hydrogen-bond donors (Lipinski definition) is 3. The summed E-state index contributed by atoms with van der Waals surface area (Å²) in [6, 6.07) is 1.64. The number of carbonyl (C=O) groups excluding carboxylic acids is 1. The average Bonchev–Trinajstić information content (AvgIpc) is 2.38. The highest BCUT2D eigenvalue weighted by atomic mass is 32.2. The zero-order valence-corrected chi connectivity index (χ0v) is 13.3. The Kier molecular flexibility index (Phi) is 6.57. The summed E-state index contributed by atoms with van der Waals surface area (Å²) in [7, 11) is -3.69. The largest absolute Gasteiger partial charge is 0.384 e. The number of hydrogen-bond acceptors (Lipinski definition) is 5. The van der Waals surface area contributed by atoms with Crippen LogP contribution in [0.5, 0.6) is 0 Å². The second-order valence-corrected chi connectivity index (χ2v) is 6.51. The average molecular weight is 314 g/mol. The number of anilines is 1. The number of aromatic nitrogens is 1. The minimum atomic E-state index is -3.69. The van der Waals surface area contributed by atoms with Crippen LogP contribution >= 0.6 is 0 Å². The Morgan fingerprint density at radius 1 is 1.38 bits per heavy atom. The Morgan fingerprint density at radius 2 is 2.10 bits per heavy atom. The maximum atomic E-state index is 12.2. The minimum absolute atomic E-state index is 0.0350. The van der Waals surface area contributed by atoms with Crippen LogP contribution in [-0.4, -0.2) is 38.4 Å². The molecule has 0 radical (unpaired) electrons. The van der Waals surface area contributed by atoms with Gasteiger partial charge in [-0.3, -0.25) is 9.78 Å². The Hall–Kier alpha value is -1.67. The predicted octanol–water partition coefficient (Wildman–Crippen LogP) is 0.706. The standard InChI is InChI=1S/C13H22N4O3S/c1-4-15-11-5-7-14-9-12(11)21(19,20)16-8-6-13(18)17-10(2)3/h5,7,9-10,16H,4,6,8H2,1-3H3,(H,14,15)(H,17,18). The third-order valence-electron chi connectivity index (χ3n) is 2.54. The van der Waals surface area contributed by atoms with Gasteiger partial charge in [0.15, 0.2) is 0 Å².